The molecule has 0 spiro atoms. The molecule has 4 nitrogen and oxygen atoms in total. The molecule has 0 saturated carbocycles. The number of imidazole rings is 1. The minimum absolute atomic E-state index is 0.148. The van der Waals surface area contributed by atoms with Crippen molar-refractivity contribution in [2.45, 2.75) is 19.6 Å². The molecule has 0 aliphatic carbocycles. The Morgan fingerprint density at radius 2 is 2.20 bits per heavy atom. The summed E-state index contributed by atoms with van der Waals surface area (Å²) in [6, 6.07) is 6.51. The maximum Gasteiger partial charge on any atom is 0.387 e. The zero-order chi connectivity index (χ0) is 14.5. The molecule has 1 aromatic carbocycles. The number of halogens is 2. The number of alkyl halides is 2. The van der Waals surface area contributed by atoms with E-state index in [9.17, 15) is 8.78 Å². The standard InChI is InChI=1S/C14H17F2N3O/c1-3-17-12(13-18-7-8-19(13)2)10-5-4-6-11(9-10)20-14(15)16/h4-9,12,14,17H,3H2,1-2H3. The summed E-state index contributed by atoms with van der Waals surface area (Å²) in [5.74, 6) is 0.968. The minimum atomic E-state index is -2.82. The van der Waals surface area contributed by atoms with Crippen LogP contribution < -0.4 is 10.1 Å². The Labute approximate surface area is 116 Å². The van der Waals surface area contributed by atoms with Crippen molar-refractivity contribution in [2.75, 3.05) is 6.54 Å². The van der Waals surface area contributed by atoms with E-state index in [4.69, 9.17) is 0 Å². The number of ether oxygens (including phenoxy) is 1. The second-order valence-electron chi connectivity index (χ2n) is 4.34. The molecule has 6 heteroatoms. The van der Waals surface area contributed by atoms with E-state index in [0.29, 0.717) is 0 Å². The summed E-state index contributed by atoms with van der Waals surface area (Å²) in [6.45, 7) is -0.108. The van der Waals surface area contributed by atoms with Gasteiger partial charge in [-0.05, 0) is 24.2 Å². The van der Waals surface area contributed by atoms with Crippen LogP contribution in [0.1, 0.15) is 24.4 Å². The van der Waals surface area contributed by atoms with Gasteiger partial charge in [0.25, 0.3) is 0 Å². The van der Waals surface area contributed by atoms with E-state index in [2.05, 4.69) is 15.0 Å². The number of benzene rings is 1. The normalized spacial score (nSPS) is 12.7. The van der Waals surface area contributed by atoms with Gasteiger partial charge in [0.15, 0.2) is 0 Å². The van der Waals surface area contributed by atoms with Gasteiger partial charge in [-0.1, -0.05) is 19.1 Å². The molecule has 0 aliphatic heterocycles. The fourth-order valence-corrected chi connectivity index (χ4v) is 2.09. The second-order valence-corrected chi connectivity index (χ2v) is 4.34. The summed E-state index contributed by atoms with van der Waals surface area (Å²) in [4.78, 5) is 4.31. The Kier molecular flexibility index (Phi) is 4.68. The first-order valence-electron chi connectivity index (χ1n) is 6.37. The van der Waals surface area contributed by atoms with Crippen LogP contribution in [-0.4, -0.2) is 22.7 Å². The van der Waals surface area contributed by atoms with Crippen LogP contribution in [-0.2, 0) is 7.05 Å². The summed E-state index contributed by atoms with van der Waals surface area (Å²) >= 11 is 0. The van der Waals surface area contributed by atoms with Gasteiger partial charge >= 0.3 is 6.61 Å². The molecule has 0 aliphatic rings. The number of rotatable bonds is 6. The molecule has 0 radical (unpaired) electrons. The molecule has 108 valence electrons. The van der Waals surface area contributed by atoms with Crippen molar-refractivity contribution in [3.8, 4) is 5.75 Å². The third kappa shape index (κ3) is 3.33. The number of nitrogens with one attached hydrogen (secondary N) is 1. The number of hydrogen-bond donors (Lipinski definition) is 1. The van der Waals surface area contributed by atoms with E-state index in [-0.39, 0.29) is 11.8 Å². The van der Waals surface area contributed by atoms with E-state index < -0.39 is 6.61 Å². The first-order valence-corrected chi connectivity index (χ1v) is 6.37. The Bertz CT molecular complexity index is 557. The maximum atomic E-state index is 12.3. The first-order chi connectivity index (χ1) is 9.61. The number of aryl methyl sites for hydroxylation is 1. The highest BCUT2D eigenvalue weighted by Crippen LogP contribution is 2.24. The van der Waals surface area contributed by atoms with Crippen LogP contribution in [0.4, 0.5) is 8.78 Å². The monoisotopic (exact) mass is 281 g/mol. The second kappa shape index (κ2) is 6.47. The summed E-state index contributed by atoms with van der Waals surface area (Å²) < 4.78 is 30.9. The molecular formula is C14H17F2N3O. The van der Waals surface area contributed by atoms with E-state index in [1.807, 2.05) is 30.8 Å². The van der Waals surface area contributed by atoms with E-state index in [1.54, 1.807) is 18.3 Å². The van der Waals surface area contributed by atoms with Crippen LogP contribution in [0, 0.1) is 0 Å². The van der Waals surface area contributed by atoms with Gasteiger partial charge in [-0.25, -0.2) is 4.98 Å². The fraction of sp³-hybridized carbons (Fsp3) is 0.357. The van der Waals surface area contributed by atoms with Crippen LogP contribution in [0.15, 0.2) is 36.7 Å². The molecular weight excluding hydrogens is 264 g/mol. The van der Waals surface area contributed by atoms with Gasteiger partial charge in [-0.2, -0.15) is 8.78 Å². The third-order valence-electron chi connectivity index (χ3n) is 2.94. The summed E-state index contributed by atoms with van der Waals surface area (Å²) in [5, 5.41) is 3.30. The lowest BCUT2D eigenvalue weighted by molar-refractivity contribution is -0.0498. The lowest BCUT2D eigenvalue weighted by atomic mass is 10.1. The van der Waals surface area contributed by atoms with E-state index >= 15 is 0 Å². The van der Waals surface area contributed by atoms with Crippen LogP contribution in [0.25, 0.3) is 0 Å². The van der Waals surface area contributed by atoms with Gasteiger partial charge in [0.1, 0.15) is 11.6 Å². The molecule has 2 rings (SSSR count). The fourth-order valence-electron chi connectivity index (χ4n) is 2.09. The van der Waals surface area contributed by atoms with Crippen molar-refractivity contribution in [3.63, 3.8) is 0 Å². The van der Waals surface area contributed by atoms with Crippen molar-refractivity contribution in [2.24, 2.45) is 7.05 Å². The molecule has 2 aromatic rings. The lowest BCUT2D eigenvalue weighted by Gasteiger charge is -2.19. The molecule has 1 aromatic heterocycles. The predicted molar refractivity (Wildman–Crippen MR) is 71.8 cm³/mol. The third-order valence-corrected chi connectivity index (χ3v) is 2.94. The van der Waals surface area contributed by atoms with Crippen LogP contribution in [0.3, 0.4) is 0 Å². The molecule has 20 heavy (non-hydrogen) atoms. The van der Waals surface area contributed by atoms with Crippen LogP contribution in [0.2, 0.25) is 0 Å². The topological polar surface area (TPSA) is 39.1 Å². The van der Waals surface area contributed by atoms with Gasteiger partial charge in [-0.3, -0.25) is 0 Å². The Morgan fingerprint density at radius 1 is 1.40 bits per heavy atom. The van der Waals surface area contributed by atoms with Crippen molar-refractivity contribution >= 4 is 0 Å². The van der Waals surface area contributed by atoms with Crippen LogP contribution in [0.5, 0.6) is 5.75 Å². The highest BCUT2D eigenvalue weighted by atomic mass is 19.3. The zero-order valence-electron chi connectivity index (χ0n) is 11.4. The summed E-state index contributed by atoms with van der Waals surface area (Å²) in [6.07, 6.45) is 3.55. The van der Waals surface area contributed by atoms with Gasteiger partial charge in [0.05, 0.1) is 6.04 Å². The van der Waals surface area contributed by atoms with E-state index in [1.165, 1.54) is 6.07 Å². The van der Waals surface area contributed by atoms with E-state index in [0.717, 1.165) is 17.9 Å². The highest BCUT2D eigenvalue weighted by Gasteiger charge is 2.18. The Morgan fingerprint density at radius 3 is 2.80 bits per heavy atom. The largest absolute Gasteiger partial charge is 0.435 e. The molecule has 1 unspecified atom stereocenters. The van der Waals surface area contributed by atoms with Crippen molar-refractivity contribution in [3.05, 3.63) is 48.0 Å². The number of hydrogen-bond acceptors (Lipinski definition) is 3. The molecule has 1 atom stereocenters. The van der Waals surface area contributed by atoms with Crippen molar-refractivity contribution in [1.82, 2.24) is 14.9 Å². The molecule has 0 saturated heterocycles. The summed E-state index contributed by atoms with van der Waals surface area (Å²) in [7, 11) is 1.90. The zero-order valence-corrected chi connectivity index (χ0v) is 11.4. The van der Waals surface area contributed by atoms with Crippen molar-refractivity contribution < 1.29 is 13.5 Å². The van der Waals surface area contributed by atoms with Gasteiger partial charge in [0, 0.05) is 19.4 Å². The lowest BCUT2D eigenvalue weighted by Crippen LogP contribution is -2.24. The minimum Gasteiger partial charge on any atom is -0.435 e. The number of aromatic nitrogens is 2. The van der Waals surface area contributed by atoms with Gasteiger partial charge in [0.2, 0.25) is 0 Å². The molecule has 1 heterocycles. The molecule has 0 amide bonds. The van der Waals surface area contributed by atoms with Gasteiger partial charge < -0.3 is 14.6 Å². The molecule has 0 bridgehead atoms. The Balaban J connectivity index is 2.32. The highest BCUT2D eigenvalue weighted by molar-refractivity contribution is 5.33. The average molecular weight is 281 g/mol. The smallest absolute Gasteiger partial charge is 0.387 e. The van der Waals surface area contributed by atoms with Crippen molar-refractivity contribution in [1.29, 1.82) is 0 Å². The first kappa shape index (κ1) is 14.5. The molecule has 0 fully saturated rings. The SMILES string of the molecule is CCNC(c1cccc(OC(F)F)c1)c1nccn1C. The summed E-state index contributed by atoms with van der Waals surface area (Å²) in [5.41, 5.74) is 0.833. The quantitative estimate of drug-likeness (QED) is 0.885. The number of nitrogens with zero attached hydrogens (tertiary/aromatic N) is 2. The van der Waals surface area contributed by atoms with Gasteiger partial charge in [-0.15, -0.1) is 0 Å². The predicted octanol–water partition coefficient (Wildman–Crippen LogP) is 2.72. The molecule has 1 N–H and O–H groups in total. The maximum absolute atomic E-state index is 12.3. The average Bonchev–Trinajstić information content (AvgIpc) is 2.81. The van der Waals surface area contributed by atoms with Crippen LogP contribution >= 0.6 is 0 Å². The Hall–Kier alpha value is -1.95.